The van der Waals surface area contributed by atoms with Crippen molar-refractivity contribution in [1.29, 1.82) is 0 Å². The Labute approximate surface area is 164 Å². The maximum atomic E-state index is 3.75. The molecule has 0 unspecified atom stereocenters. The minimum atomic E-state index is -0.489. The molecule has 6 heteroatoms. The van der Waals surface area contributed by atoms with Crippen LogP contribution >= 0.6 is 8.07 Å². The van der Waals surface area contributed by atoms with E-state index in [4.69, 9.17) is 0 Å². The van der Waals surface area contributed by atoms with Crippen LogP contribution in [0.1, 0.15) is 20.8 Å². The quantitative estimate of drug-likeness (QED) is 0.493. The van der Waals surface area contributed by atoms with Crippen molar-refractivity contribution in [2.24, 2.45) is 0 Å². The first kappa shape index (κ1) is 27.1. The van der Waals surface area contributed by atoms with Crippen molar-refractivity contribution < 1.29 is 54.6 Å². The Balaban J connectivity index is -0.000000902. The SMILES string of the molecule is CC(C)(C)NP(c1ccccc1)c1ccccc1.[Cl-].[Cl-].[Cl-].[Cr+3]. The van der Waals surface area contributed by atoms with Crippen LogP contribution in [0.5, 0.6) is 0 Å². The predicted octanol–water partition coefficient (Wildman–Crippen LogP) is -5.57. The molecule has 0 saturated heterocycles. The van der Waals surface area contributed by atoms with Gasteiger partial charge in [0.15, 0.2) is 0 Å². The van der Waals surface area contributed by atoms with Crippen molar-refractivity contribution in [2.45, 2.75) is 26.3 Å². The molecule has 0 amide bonds. The Morgan fingerprint density at radius 2 is 1.00 bits per heavy atom. The van der Waals surface area contributed by atoms with Gasteiger partial charge >= 0.3 is 17.4 Å². The van der Waals surface area contributed by atoms with E-state index in [1.54, 1.807) is 0 Å². The fraction of sp³-hybridized carbons (Fsp3) is 0.250. The number of halogens is 3. The standard InChI is InChI=1S/C16H20NP.3ClH.Cr/c1-16(2,3)17-18(14-10-6-4-7-11-14)15-12-8-5-9-13-15;;;;/h4-13,17H,1-3H3;3*1H;/q;;;;+3/p-3. The molecule has 0 aliphatic heterocycles. The Bertz CT molecular complexity index is 452. The van der Waals surface area contributed by atoms with Gasteiger partial charge in [-0.25, -0.2) is 0 Å². The number of nitrogens with one attached hydrogen (secondary N) is 1. The molecule has 2 aromatic carbocycles. The maximum absolute atomic E-state index is 3.75. The Kier molecular flexibility index (Phi) is 15.6. The van der Waals surface area contributed by atoms with E-state index in [1.165, 1.54) is 10.6 Å². The third-order valence-corrected chi connectivity index (χ3v) is 5.00. The van der Waals surface area contributed by atoms with Crippen LogP contribution in [0.2, 0.25) is 0 Å². The molecule has 0 spiro atoms. The maximum Gasteiger partial charge on any atom is 3.00 e. The van der Waals surface area contributed by atoms with Gasteiger partial charge in [-0.05, 0) is 31.4 Å². The summed E-state index contributed by atoms with van der Waals surface area (Å²) in [5.74, 6) is 0. The summed E-state index contributed by atoms with van der Waals surface area (Å²) in [5, 5.41) is 6.49. The first-order valence-electron chi connectivity index (χ1n) is 6.24. The summed E-state index contributed by atoms with van der Waals surface area (Å²) in [5.41, 5.74) is 0.109. The van der Waals surface area contributed by atoms with Gasteiger partial charge in [0.05, 0.1) is 0 Å². The van der Waals surface area contributed by atoms with Crippen LogP contribution in [0.3, 0.4) is 0 Å². The van der Waals surface area contributed by atoms with Crippen LogP contribution in [-0.4, -0.2) is 5.54 Å². The molecule has 1 nitrogen and oxygen atoms in total. The Morgan fingerprint density at radius 3 is 1.27 bits per heavy atom. The first-order chi connectivity index (χ1) is 8.56. The molecule has 0 aromatic heterocycles. The van der Waals surface area contributed by atoms with Gasteiger partial charge in [-0.15, -0.1) is 0 Å². The van der Waals surface area contributed by atoms with E-state index in [2.05, 4.69) is 86.5 Å². The van der Waals surface area contributed by atoms with Crippen LogP contribution in [0, 0.1) is 0 Å². The summed E-state index contributed by atoms with van der Waals surface area (Å²) < 4.78 is 0. The second-order valence-electron chi connectivity index (χ2n) is 5.37. The largest absolute Gasteiger partial charge is 3.00 e. The molecule has 0 aliphatic rings. The molecular weight excluding hydrogens is 396 g/mol. The van der Waals surface area contributed by atoms with Gasteiger partial charge in [0.1, 0.15) is 0 Å². The van der Waals surface area contributed by atoms with E-state index in [0.717, 1.165) is 0 Å². The number of rotatable bonds is 3. The molecule has 0 aliphatic carbocycles. The molecule has 1 radical (unpaired) electrons. The summed E-state index contributed by atoms with van der Waals surface area (Å²) in [6, 6.07) is 21.4. The Hall–Kier alpha value is 0.232. The van der Waals surface area contributed by atoms with Crippen molar-refractivity contribution in [3.05, 3.63) is 60.7 Å². The molecule has 0 bridgehead atoms. The fourth-order valence-corrected chi connectivity index (χ4v) is 3.94. The van der Waals surface area contributed by atoms with Gasteiger partial charge in [0, 0.05) is 13.6 Å². The predicted molar refractivity (Wildman–Crippen MR) is 82.0 cm³/mol. The Morgan fingerprint density at radius 1 is 0.682 bits per heavy atom. The van der Waals surface area contributed by atoms with Crippen LogP contribution in [0.15, 0.2) is 60.7 Å². The molecule has 0 heterocycles. The molecule has 22 heavy (non-hydrogen) atoms. The summed E-state index contributed by atoms with van der Waals surface area (Å²) in [6.45, 7) is 6.65. The minimum Gasteiger partial charge on any atom is -1.00 e. The molecule has 121 valence electrons. The smallest absolute Gasteiger partial charge is 1.00 e. The molecule has 1 N–H and O–H groups in total. The third-order valence-electron chi connectivity index (χ3n) is 2.48. The van der Waals surface area contributed by atoms with Crippen LogP contribution in [0.4, 0.5) is 0 Å². The topological polar surface area (TPSA) is 12.0 Å². The van der Waals surface area contributed by atoms with Crippen molar-refractivity contribution in [2.75, 3.05) is 0 Å². The van der Waals surface area contributed by atoms with Crippen molar-refractivity contribution in [3.63, 3.8) is 0 Å². The third kappa shape index (κ3) is 8.76. The van der Waals surface area contributed by atoms with Crippen molar-refractivity contribution in [3.8, 4) is 0 Å². The summed E-state index contributed by atoms with van der Waals surface area (Å²) in [6.07, 6.45) is 0. The normalized spacial score (nSPS) is 9.64. The van der Waals surface area contributed by atoms with Gasteiger partial charge in [-0.3, -0.25) is 5.09 Å². The number of hydrogen-bond donors (Lipinski definition) is 1. The van der Waals surface area contributed by atoms with Gasteiger partial charge in [0.25, 0.3) is 0 Å². The summed E-state index contributed by atoms with van der Waals surface area (Å²) in [4.78, 5) is 0. The van der Waals surface area contributed by atoms with E-state index in [9.17, 15) is 0 Å². The van der Waals surface area contributed by atoms with Gasteiger partial charge in [-0.2, -0.15) is 0 Å². The summed E-state index contributed by atoms with van der Waals surface area (Å²) in [7, 11) is -0.489. The van der Waals surface area contributed by atoms with E-state index < -0.39 is 8.07 Å². The second-order valence-corrected chi connectivity index (χ2v) is 7.30. The molecule has 0 fully saturated rings. The molecule has 2 rings (SSSR count). The van der Waals surface area contributed by atoms with E-state index >= 15 is 0 Å². The molecule has 0 atom stereocenters. The number of benzene rings is 2. The van der Waals surface area contributed by atoms with Gasteiger partial charge in [0.2, 0.25) is 0 Å². The molecule has 0 saturated carbocycles. The average molecular weight is 416 g/mol. The molecular formula is C16H20Cl3CrNP. The van der Waals surface area contributed by atoms with E-state index in [0.29, 0.717) is 0 Å². The monoisotopic (exact) mass is 414 g/mol. The minimum absolute atomic E-state index is 0. The second kappa shape index (κ2) is 12.6. The van der Waals surface area contributed by atoms with Crippen LogP contribution in [0.25, 0.3) is 0 Å². The number of hydrogen-bond acceptors (Lipinski definition) is 1. The van der Waals surface area contributed by atoms with Crippen LogP contribution in [-0.2, 0) is 17.4 Å². The van der Waals surface area contributed by atoms with Crippen LogP contribution < -0.4 is 52.9 Å². The van der Waals surface area contributed by atoms with Crippen molar-refractivity contribution >= 4 is 18.7 Å². The van der Waals surface area contributed by atoms with E-state index in [1.807, 2.05) is 0 Å². The fourth-order valence-electron chi connectivity index (χ4n) is 1.77. The molecule has 2 aromatic rings. The zero-order valence-corrected chi connectivity index (χ0v) is 17.2. The zero-order valence-electron chi connectivity index (χ0n) is 12.8. The first-order valence-corrected chi connectivity index (χ1v) is 7.58. The van der Waals surface area contributed by atoms with Crippen molar-refractivity contribution in [1.82, 2.24) is 5.09 Å². The summed E-state index contributed by atoms with van der Waals surface area (Å²) >= 11 is 0. The average Bonchev–Trinajstić information content (AvgIpc) is 2.37. The van der Waals surface area contributed by atoms with Gasteiger partial charge < -0.3 is 37.2 Å². The van der Waals surface area contributed by atoms with E-state index in [-0.39, 0.29) is 60.1 Å². The zero-order chi connectivity index (χ0) is 13.0. The van der Waals surface area contributed by atoms with Gasteiger partial charge in [-0.1, -0.05) is 60.7 Å².